The number of aromatic nitrogens is 9. The van der Waals surface area contributed by atoms with Crippen LogP contribution >= 0.6 is 0 Å². The minimum Gasteiger partial charge on any atom is -0.456 e. The highest BCUT2D eigenvalue weighted by atomic mass is 16.3. The Hall–Kier alpha value is -17.5. The number of para-hydroxylation sites is 5. The molecule has 602 valence electrons. The fourth-order valence-corrected chi connectivity index (χ4v) is 19.5. The van der Waals surface area contributed by atoms with Crippen molar-refractivity contribution in [2.45, 2.75) is 0 Å². The quantitative estimate of drug-likeness (QED) is 0.114. The lowest BCUT2D eigenvalue weighted by Crippen LogP contribution is -2.00. The third kappa shape index (κ3) is 12.9. The number of hydrogen-bond donors (Lipinski definition) is 0. The van der Waals surface area contributed by atoms with E-state index in [-0.39, 0.29) is 0 Å². The van der Waals surface area contributed by atoms with E-state index in [0.29, 0.717) is 5.82 Å². The predicted octanol–water partition coefficient (Wildman–Crippen LogP) is 30.8. The van der Waals surface area contributed by atoms with Crippen molar-refractivity contribution in [3.8, 4) is 124 Å². The van der Waals surface area contributed by atoms with Gasteiger partial charge in [0.1, 0.15) is 17.0 Å². The molecule has 8 heterocycles. The Morgan fingerprint density at radius 3 is 1.13 bits per heavy atom. The van der Waals surface area contributed by atoms with Gasteiger partial charge in [0.2, 0.25) is 0 Å². The number of benzene rings is 18. The standard InChI is InChI=1S/C64H42N4.C55H33N5O/c1-4-17-43(18-5-1)58-42-59(66-64(65-58)44-19-6-2-7-20-44)51-25-15-23-47(38-51)45-21-14-22-46(37-45)48-24-16-28-53(39-48)68-61-32-13-11-30-55(61)57-41-50(34-36-63(57)68)49-33-35-62-56(40-49)54-29-10-12-31-60(54)67(62)52-26-8-3-9-27-52;1-3-11-34(12-4-1)38-31-46(35-13-5-2-6-14-35)58-53(32-38)60-49-23-19-36(30-44(49)54-50(60)24-22-45-55(54)57-28-27-56-45)37-20-25-51-42(29-37)43-33-39(21-26-52(43)61-51)59-47-17-9-7-15-40(47)41-16-8-10-18-48(41)59/h1-42H;1-33H. The number of hydrogen-bond acceptors (Lipinski definition) is 6. The summed E-state index contributed by atoms with van der Waals surface area (Å²) in [6.07, 6.45) is 3.54. The number of fused-ring (bicyclic) bond motifs is 17. The first-order valence-electron chi connectivity index (χ1n) is 43.6. The first-order chi connectivity index (χ1) is 63.9. The van der Waals surface area contributed by atoms with Crippen molar-refractivity contribution < 1.29 is 4.42 Å². The van der Waals surface area contributed by atoms with Gasteiger partial charge in [0, 0.05) is 106 Å². The van der Waals surface area contributed by atoms with E-state index in [4.69, 9.17) is 29.3 Å². The van der Waals surface area contributed by atoms with Crippen LogP contribution in [0.5, 0.6) is 0 Å². The summed E-state index contributed by atoms with van der Waals surface area (Å²) in [5.74, 6) is 1.54. The summed E-state index contributed by atoms with van der Waals surface area (Å²) >= 11 is 0. The number of rotatable bonds is 13. The lowest BCUT2D eigenvalue weighted by molar-refractivity contribution is 0.669. The Balaban J connectivity index is 0.000000140. The summed E-state index contributed by atoms with van der Waals surface area (Å²) in [5, 5.41) is 11.7. The van der Waals surface area contributed by atoms with Gasteiger partial charge in [0.15, 0.2) is 5.82 Å². The van der Waals surface area contributed by atoms with Crippen LogP contribution in [0.1, 0.15) is 0 Å². The van der Waals surface area contributed by atoms with Crippen LogP contribution in [0.25, 0.3) is 244 Å². The average Bonchev–Trinajstić information content (AvgIpc) is 1.60. The minimum absolute atomic E-state index is 0.708. The monoisotopic (exact) mass is 1650 g/mol. The highest BCUT2D eigenvalue weighted by Gasteiger charge is 2.24. The van der Waals surface area contributed by atoms with Gasteiger partial charge in [-0.25, -0.2) is 15.0 Å². The number of nitrogens with zero attached hydrogens (tertiary/aromatic N) is 9. The average molecular weight is 1650 g/mol. The van der Waals surface area contributed by atoms with Crippen molar-refractivity contribution >= 4 is 120 Å². The summed E-state index contributed by atoms with van der Waals surface area (Å²) < 4.78 is 15.9. The molecule has 0 aliphatic rings. The molecule has 0 amide bonds. The van der Waals surface area contributed by atoms with Gasteiger partial charge in [-0.05, 0) is 213 Å². The summed E-state index contributed by atoms with van der Waals surface area (Å²) in [4.78, 5) is 25.1. The largest absolute Gasteiger partial charge is 0.456 e. The van der Waals surface area contributed by atoms with E-state index in [1.54, 1.807) is 12.4 Å². The van der Waals surface area contributed by atoms with Gasteiger partial charge in [-0.15, -0.1) is 0 Å². The molecule has 0 fully saturated rings. The Morgan fingerprint density at radius 2 is 0.558 bits per heavy atom. The van der Waals surface area contributed by atoms with E-state index >= 15 is 0 Å². The number of furan rings is 1. The molecule has 0 atom stereocenters. The fourth-order valence-electron chi connectivity index (χ4n) is 19.5. The molecule has 0 saturated heterocycles. The summed E-state index contributed by atoms with van der Waals surface area (Å²) in [7, 11) is 0. The van der Waals surface area contributed by atoms with Crippen LogP contribution in [0.2, 0.25) is 0 Å². The first-order valence-corrected chi connectivity index (χ1v) is 43.6. The zero-order valence-corrected chi connectivity index (χ0v) is 69.7. The maximum Gasteiger partial charge on any atom is 0.160 e. The van der Waals surface area contributed by atoms with Gasteiger partial charge < -0.3 is 18.1 Å². The molecule has 26 rings (SSSR count). The van der Waals surface area contributed by atoms with Crippen molar-refractivity contribution in [1.82, 2.24) is 43.2 Å². The molecule has 0 spiro atoms. The van der Waals surface area contributed by atoms with Gasteiger partial charge in [0.05, 0.1) is 72.2 Å². The van der Waals surface area contributed by atoms with Crippen molar-refractivity contribution in [3.05, 3.63) is 455 Å². The Labute approximate surface area is 741 Å². The molecule has 26 aromatic rings. The predicted molar refractivity (Wildman–Crippen MR) is 533 cm³/mol. The molecule has 0 radical (unpaired) electrons. The second kappa shape index (κ2) is 30.8. The zero-order chi connectivity index (χ0) is 85.0. The molecular formula is C119H75N9O. The molecule has 0 bridgehead atoms. The molecular weight excluding hydrogens is 1570 g/mol. The van der Waals surface area contributed by atoms with Gasteiger partial charge in [-0.3, -0.25) is 14.5 Å². The Morgan fingerprint density at radius 1 is 0.186 bits per heavy atom. The number of pyridine rings is 1. The van der Waals surface area contributed by atoms with E-state index in [2.05, 4.69) is 431 Å². The topological polar surface area (TPSA) is 97.3 Å². The maximum atomic E-state index is 6.47. The van der Waals surface area contributed by atoms with Crippen LogP contribution in [0.4, 0.5) is 0 Å². The molecule has 0 N–H and O–H groups in total. The smallest absolute Gasteiger partial charge is 0.160 e. The van der Waals surface area contributed by atoms with Crippen LogP contribution in [0.3, 0.4) is 0 Å². The SMILES string of the molecule is c1ccc(-c2cc(-c3cccc(-c4cccc(-c5cccc(-n6c7ccccc7c7cc(-c8ccc9c(c8)c8ccccc8n9-c8ccccc8)ccc76)c5)c4)c3)nc(-c3ccccc3)n2)cc1.c1ccc(-c2cc(-c3ccccc3)nc(-n3c4ccc(-c5ccc6oc7ccc(-n8c9ccccc9c9ccccc98)cc7c6c5)cc4c4c5nccnc5ccc43)c2)cc1. The molecule has 0 aliphatic heterocycles. The molecule has 18 aromatic carbocycles. The third-order valence-corrected chi connectivity index (χ3v) is 25.5. The van der Waals surface area contributed by atoms with Crippen LogP contribution in [0, 0.1) is 0 Å². The second-order valence-electron chi connectivity index (χ2n) is 33.1. The van der Waals surface area contributed by atoms with Gasteiger partial charge >= 0.3 is 0 Å². The van der Waals surface area contributed by atoms with Crippen molar-refractivity contribution in [2.24, 2.45) is 0 Å². The second-order valence-corrected chi connectivity index (χ2v) is 33.1. The Bertz CT molecular complexity index is 8770. The molecule has 8 aromatic heterocycles. The summed E-state index contributed by atoms with van der Waals surface area (Å²) in [5.41, 5.74) is 34.2. The maximum absolute atomic E-state index is 6.47. The van der Waals surface area contributed by atoms with E-state index in [1.165, 1.54) is 76.5 Å². The van der Waals surface area contributed by atoms with Crippen molar-refractivity contribution in [3.63, 3.8) is 0 Å². The van der Waals surface area contributed by atoms with E-state index in [0.717, 1.165) is 162 Å². The fraction of sp³-hybridized carbons (Fsp3) is 0. The van der Waals surface area contributed by atoms with Crippen LogP contribution in [-0.2, 0) is 0 Å². The van der Waals surface area contributed by atoms with Crippen molar-refractivity contribution in [2.75, 3.05) is 0 Å². The van der Waals surface area contributed by atoms with Gasteiger partial charge in [-0.2, -0.15) is 0 Å². The lowest BCUT2D eigenvalue weighted by atomic mass is 9.97. The normalized spacial score (nSPS) is 11.7. The molecule has 0 saturated carbocycles. The molecule has 129 heavy (non-hydrogen) atoms. The highest BCUT2D eigenvalue weighted by Crippen LogP contribution is 2.45. The molecule has 10 heteroatoms. The summed E-state index contributed by atoms with van der Waals surface area (Å²) in [6.45, 7) is 0. The first kappa shape index (κ1) is 74.2. The molecule has 10 nitrogen and oxygen atoms in total. The molecule has 0 aliphatic carbocycles. The zero-order valence-electron chi connectivity index (χ0n) is 69.7. The lowest BCUT2D eigenvalue weighted by Gasteiger charge is -2.13. The van der Waals surface area contributed by atoms with E-state index < -0.39 is 0 Å². The summed E-state index contributed by atoms with van der Waals surface area (Å²) in [6, 6.07) is 158. The third-order valence-electron chi connectivity index (χ3n) is 25.5. The van der Waals surface area contributed by atoms with E-state index in [9.17, 15) is 0 Å². The highest BCUT2D eigenvalue weighted by molar-refractivity contribution is 6.21. The minimum atomic E-state index is 0.708. The Kier molecular flexibility index (Phi) is 17.7. The van der Waals surface area contributed by atoms with Crippen molar-refractivity contribution in [1.29, 1.82) is 0 Å². The van der Waals surface area contributed by atoms with Crippen LogP contribution < -0.4 is 0 Å². The van der Waals surface area contributed by atoms with Crippen LogP contribution in [-0.4, -0.2) is 43.2 Å². The van der Waals surface area contributed by atoms with Gasteiger partial charge in [-0.1, -0.05) is 285 Å². The van der Waals surface area contributed by atoms with Crippen LogP contribution in [0.15, 0.2) is 460 Å². The van der Waals surface area contributed by atoms with E-state index in [1.807, 2.05) is 30.3 Å². The molecule has 0 unspecified atom stereocenters. The van der Waals surface area contributed by atoms with Gasteiger partial charge in [0.25, 0.3) is 0 Å².